The molecule has 2 aromatic rings. The molecule has 4 aliphatic rings. The van der Waals surface area contributed by atoms with Crippen LogP contribution in [0.25, 0.3) is 5.65 Å². The molecular formula is C20H23N3O2. The Balaban J connectivity index is 1.25. The topological polar surface area (TPSA) is 66.6 Å². The van der Waals surface area contributed by atoms with Gasteiger partial charge in [0, 0.05) is 6.54 Å². The number of pyridine rings is 1. The smallest absolute Gasteiger partial charge is 0.268 e. The van der Waals surface area contributed by atoms with Gasteiger partial charge < -0.3 is 10.4 Å². The van der Waals surface area contributed by atoms with Crippen molar-refractivity contribution in [2.45, 2.75) is 38.5 Å². The Morgan fingerprint density at radius 2 is 2.20 bits per heavy atom. The van der Waals surface area contributed by atoms with Crippen molar-refractivity contribution in [1.82, 2.24) is 14.7 Å². The van der Waals surface area contributed by atoms with Gasteiger partial charge in [0.2, 0.25) is 5.88 Å². The molecule has 1 spiro atoms. The second-order valence-corrected chi connectivity index (χ2v) is 9.17. The van der Waals surface area contributed by atoms with E-state index in [4.69, 9.17) is 0 Å². The number of aromatic hydroxyl groups is 1. The van der Waals surface area contributed by atoms with Gasteiger partial charge in [0.25, 0.3) is 5.91 Å². The van der Waals surface area contributed by atoms with E-state index in [0.717, 1.165) is 24.3 Å². The first-order valence-electron chi connectivity index (χ1n) is 9.52. The number of aromatic nitrogens is 2. The van der Waals surface area contributed by atoms with E-state index in [1.54, 1.807) is 16.5 Å². The van der Waals surface area contributed by atoms with E-state index in [0.29, 0.717) is 22.2 Å². The number of carbonyl (C=O) groups is 1. The van der Waals surface area contributed by atoms with Crippen molar-refractivity contribution in [2.75, 3.05) is 6.54 Å². The van der Waals surface area contributed by atoms with Gasteiger partial charge in [-0.3, -0.25) is 9.20 Å². The zero-order valence-electron chi connectivity index (χ0n) is 14.2. The summed E-state index contributed by atoms with van der Waals surface area (Å²) in [6, 6.07) is 5.40. The molecule has 0 aromatic carbocycles. The zero-order chi connectivity index (χ0) is 16.8. The first kappa shape index (κ1) is 14.2. The van der Waals surface area contributed by atoms with Crippen molar-refractivity contribution < 1.29 is 9.90 Å². The lowest BCUT2D eigenvalue weighted by atomic mass is 9.55. The van der Waals surface area contributed by atoms with E-state index in [9.17, 15) is 9.90 Å². The van der Waals surface area contributed by atoms with Crippen molar-refractivity contribution in [2.24, 2.45) is 28.6 Å². The standard InChI is InChI=1S/C20H23N3O2/c24-17-9-23-15(2-1-3-16(23)22-17)18(25)21-11-19-6-12-4-13-5-14(8-19)20(13,7-12)10-19/h1-3,9,12-14,24H,4-8,10-11H2,(H,21,25). The molecule has 0 saturated heterocycles. The van der Waals surface area contributed by atoms with Crippen LogP contribution in [0.4, 0.5) is 0 Å². The van der Waals surface area contributed by atoms with Crippen LogP contribution in [-0.2, 0) is 0 Å². The zero-order valence-corrected chi connectivity index (χ0v) is 14.2. The highest BCUT2D eigenvalue weighted by molar-refractivity contribution is 5.93. The molecular weight excluding hydrogens is 314 g/mol. The van der Waals surface area contributed by atoms with E-state index in [-0.39, 0.29) is 11.8 Å². The number of hydrogen-bond donors (Lipinski definition) is 2. The maximum Gasteiger partial charge on any atom is 0.268 e. The van der Waals surface area contributed by atoms with Gasteiger partial charge >= 0.3 is 0 Å². The molecule has 5 heteroatoms. The van der Waals surface area contributed by atoms with Gasteiger partial charge in [-0.1, -0.05) is 6.07 Å². The molecule has 0 aliphatic heterocycles. The van der Waals surface area contributed by atoms with Gasteiger partial charge in [-0.05, 0) is 79.2 Å². The van der Waals surface area contributed by atoms with Crippen LogP contribution in [-0.4, -0.2) is 26.9 Å². The molecule has 130 valence electrons. The molecule has 0 radical (unpaired) electrons. The van der Waals surface area contributed by atoms with E-state index in [1.807, 2.05) is 6.07 Å². The average Bonchev–Trinajstić information content (AvgIpc) is 3.12. The van der Waals surface area contributed by atoms with Crippen molar-refractivity contribution in [3.63, 3.8) is 0 Å². The number of hydrogen-bond acceptors (Lipinski definition) is 3. The van der Waals surface area contributed by atoms with Gasteiger partial charge in [-0.25, -0.2) is 0 Å². The molecule has 5 nitrogen and oxygen atoms in total. The fourth-order valence-corrected chi connectivity index (χ4v) is 7.29. The number of rotatable bonds is 3. The summed E-state index contributed by atoms with van der Waals surface area (Å²) < 4.78 is 1.67. The molecule has 4 fully saturated rings. The number of imidazole rings is 1. The Bertz CT molecular complexity index is 901. The van der Waals surface area contributed by atoms with E-state index < -0.39 is 0 Å². The number of nitrogens with zero attached hydrogens (tertiary/aromatic N) is 2. The first-order valence-corrected chi connectivity index (χ1v) is 9.52. The van der Waals surface area contributed by atoms with E-state index in [2.05, 4.69) is 10.3 Å². The van der Waals surface area contributed by atoms with Gasteiger partial charge in [0.1, 0.15) is 11.3 Å². The normalized spacial score (nSPS) is 40.2. The van der Waals surface area contributed by atoms with E-state index in [1.165, 1.54) is 44.7 Å². The van der Waals surface area contributed by atoms with Crippen molar-refractivity contribution in [1.29, 1.82) is 0 Å². The Morgan fingerprint density at radius 1 is 1.28 bits per heavy atom. The predicted molar refractivity (Wildman–Crippen MR) is 92.2 cm³/mol. The lowest BCUT2D eigenvalue weighted by Gasteiger charge is -2.49. The molecule has 1 amide bonds. The quantitative estimate of drug-likeness (QED) is 0.905. The summed E-state index contributed by atoms with van der Waals surface area (Å²) in [6.45, 7) is 0.796. The summed E-state index contributed by atoms with van der Waals surface area (Å²) in [5.74, 6) is 2.70. The Kier molecular flexibility index (Phi) is 2.48. The van der Waals surface area contributed by atoms with Crippen LogP contribution < -0.4 is 5.32 Å². The summed E-state index contributed by atoms with van der Waals surface area (Å²) in [5, 5.41) is 12.8. The van der Waals surface area contributed by atoms with Crippen LogP contribution in [0.1, 0.15) is 49.0 Å². The highest BCUT2D eigenvalue weighted by Crippen LogP contribution is 2.78. The molecule has 3 bridgehead atoms. The molecule has 2 aromatic heterocycles. The number of nitrogens with one attached hydrogen (secondary N) is 1. The molecule has 5 atom stereocenters. The van der Waals surface area contributed by atoms with Crippen LogP contribution in [0, 0.1) is 28.6 Å². The van der Waals surface area contributed by atoms with Gasteiger partial charge in [0.15, 0.2) is 0 Å². The highest BCUT2D eigenvalue weighted by atomic mass is 16.3. The van der Waals surface area contributed by atoms with Crippen molar-refractivity contribution in [3.05, 3.63) is 30.1 Å². The summed E-state index contributed by atoms with van der Waals surface area (Å²) in [7, 11) is 0. The third-order valence-corrected chi connectivity index (χ3v) is 7.92. The third kappa shape index (κ3) is 1.74. The minimum atomic E-state index is -0.0661. The highest BCUT2D eigenvalue weighted by Gasteiger charge is 2.70. The third-order valence-electron chi connectivity index (χ3n) is 7.92. The fraction of sp³-hybridized carbons (Fsp3) is 0.600. The molecule has 4 aliphatic carbocycles. The Labute approximate surface area is 146 Å². The minimum absolute atomic E-state index is 0.0554. The number of carbonyl (C=O) groups excluding carboxylic acids is 1. The van der Waals surface area contributed by atoms with Crippen LogP contribution in [0.15, 0.2) is 24.4 Å². The Morgan fingerprint density at radius 3 is 3.12 bits per heavy atom. The number of amides is 1. The lowest BCUT2D eigenvalue weighted by Crippen LogP contribution is -2.43. The SMILES string of the molecule is O=C(NCC12CC3CC4CC(C1)C4(C3)C2)c1cccc2nc(O)cn12. The van der Waals surface area contributed by atoms with Gasteiger partial charge in [0.05, 0.1) is 6.20 Å². The summed E-state index contributed by atoms with van der Waals surface area (Å²) >= 11 is 0. The largest absolute Gasteiger partial charge is 0.492 e. The summed E-state index contributed by atoms with van der Waals surface area (Å²) in [4.78, 5) is 16.8. The second-order valence-electron chi connectivity index (χ2n) is 9.17. The lowest BCUT2D eigenvalue weighted by molar-refractivity contribution is -0.00254. The molecule has 6 rings (SSSR count). The summed E-state index contributed by atoms with van der Waals surface area (Å²) in [5.41, 5.74) is 2.13. The van der Waals surface area contributed by atoms with Crippen molar-refractivity contribution >= 4 is 11.6 Å². The first-order chi connectivity index (χ1) is 12.1. The van der Waals surface area contributed by atoms with Crippen molar-refractivity contribution in [3.8, 4) is 5.88 Å². The van der Waals surface area contributed by atoms with Crippen LogP contribution in [0.5, 0.6) is 5.88 Å². The molecule has 25 heavy (non-hydrogen) atoms. The predicted octanol–water partition coefficient (Wildman–Crippen LogP) is 2.99. The fourth-order valence-electron chi connectivity index (χ4n) is 7.29. The average molecular weight is 337 g/mol. The van der Waals surface area contributed by atoms with E-state index >= 15 is 0 Å². The summed E-state index contributed by atoms with van der Waals surface area (Å²) in [6.07, 6.45) is 9.81. The monoisotopic (exact) mass is 337 g/mol. The van der Waals surface area contributed by atoms with Gasteiger partial charge in [-0.2, -0.15) is 4.98 Å². The Hall–Kier alpha value is -2.04. The van der Waals surface area contributed by atoms with Gasteiger partial charge in [-0.15, -0.1) is 0 Å². The molecule has 2 N–H and O–H groups in total. The second kappa shape index (κ2) is 4.37. The molecule has 4 saturated carbocycles. The molecule has 2 heterocycles. The van der Waals surface area contributed by atoms with Crippen LogP contribution in [0.2, 0.25) is 0 Å². The number of fused-ring (bicyclic) bond motifs is 3. The minimum Gasteiger partial charge on any atom is -0.492 e. The van der Waals surface area contributed by atoms with Crippen LogP contribution in [0.3, 0.4) is 0 Å². The maximum absolute atomic E-state index is 12.8. The maximum atomic E-state index is 12.8. The van der Waals surface area contributed by atoms with Crippen LogP contribution >= 0.6 is 0 Å². The molecule has 5 unspecified atom stereocenters.